The fraction of sp³-hybridized carbons (Fsp3) is 1.00. The van der Waals surface area contributed by atoms with Crippen molar-refractivity contribution < 1.29 is 9.47 Å². The lowest BCUT2D eigenvalue weighted by Crippen LogP contribution is -2.48. The lowest BCUT2D eigenvalue weighted by molar-refractivity contribution is -0.205. The highest BCUT2D eigenvalue weighted by Gasteiger charge is 2.70. The van der Waals surface area contributed by atoms with E-state index in [1.54, 1.807) is 0 Å². The minimum atomic E-state index is -0.338. The molecule has 70 valence electrons. The van der Waals surface area contributed by atoms with Crippen molar-refractivity contribution in [1.29, 1.82) is 0 Å². The molecule has 2 saturated carbocycles. The summed E-state index contributed by atoms with van der Waals surface area (Å²) >= 11 is 0. The molecule has 4 bridgehead atoms. The summed E-state index contributed by atoms with van der Waals surface area (Å²) in [7, 11) is 0. The molecule has 4 rings (SSSR count). The highest BCUT2D eigenvalue weighted by molar-refractivity contribution is 5.18. The van der Waals surface area contributed by atoms with Gasteiger partial charge in [0.1, 0.15) is 6.04 Å². The summed E-state index contributed by atoms with van der Waals surface area (Å²) in [4.78, 5) is 0. The van der Waals surface area contributed by atoms with E-state index in [9.17, 15) is 0 Å². The van der Waals surface area contributed by atoms with E-state index in [0.29, 0.717) is 17.9 Å². The van der Waals surface area contributed by atoms with Gasteiger partial charge in [0.05, 0.1) is 19.3 Å². The number of nitrogens with zero attached hydrogens (tertiary/aromatic N) is 2. The van der Waals surface area contributed by atoms with Crippen molar-refractivity contribution in [3.63, 3.8) is 0 Å². The first-order valence-electron chi connectivity index (χ1n) is 5.10. The molecule has 1 spiro atoms. The predicted molar refractivity (Wildman–Crippen MR) is 43.3 cm³/mol. The average molecular weight is 180 g/mol. The van der Waals surface area contributed by atoms with Gasteiger partial charge in [0.25, 0.3) is 0 Å². The van der Waals surface area contributed by atoms with Crippen LogP contribution in [0.15, 0.2) is 10.2 Å². The molecule has 0 amide bonds. The standard InChI is InChI=1S/C9H12N2O2/c1-2-6-7-5(1)8(11-10-7)9(6)12-3-4-13-9/h5-8H,1-4H2. The van der Waals surface area contributed by atoms with Gasteiger partial charge in [-0.1, -0.05) is 0 Å². The number of fused-ring (bicyclic) bond motifs is 2. The molecule has 4 nitrogen and oxygen atoms in total. The molecule has 4 heteroatoms. The summed E-state index contributed by atoms with van der Waals surface area (Å²) in [5.74, 6) is 0.792. The molecule has 0 aromatic rings. The van der Waals surface area contributed by atoms with E-state index in [1.165, 1.54) is 12.8 Å². The highest BCUT2D eigenvalue weighted by Crippen LogP contribution is 2.60. The van der Waals surface area contributed by atoms with Crippen molar-refractivity contribution in [2.24, 2.45) is 22.1 Å². The molecule has 0 N–H and O–H groups in total. The molecule has 2 heterocycles. The van der Waals surface area contributed by atoms with Gasteiger partial charge in [-0.05, 0) is 12.8 Å². The maximum absolute atomic E-state index is 5.79. The lowest BCUT2D eigenvalue weighted by Gasteiger charge is -2.36. The van der Waals surface area contributed by atoms with Gasteiger partial charge in [0, 0.05) is 11.8 Å². The van der Waals surface area contributed by atoms with Crippen molar-refractivity contribution in [2.45, 2.75) is 30.7 Å². The van der Waals surface area contributed by atoms with Crippen LogP contribution in [-0.2, 0) is 9.47 Å². The molecule has 13 heavy (non-hydrogen) atoms. The Kier molecular flexibility index (Phi) is 1.04. The van der Waals surface area contributed by atoms with E-state index in [4.69, 9.17) is 9.47 Å². The van der Waals surface area contributed by atoms with Crippen LogP contribution >= 0.6 is 0 Å². The highest BCUT2D eigenvalue weighted by atomic mass is 16.7. The van der Waals surface area contributed by atoms with Gasteiger partial charge >= 0.3 is 0 Å². The topological polar surface area (TPSA) is 43.2 Å². The second-order valence-electron chi connectivity index (χ2n) is 4.43. The molecular formula is C9H12N2O2. The van der Waals surface area contributed by atoms with Crippen molar-refractivity contribution in [3.8, 4) is 0 Å². The Morgan fingerprint density at radius 1 is 1.08 bits per heavy atom. The number of rotatable bonds is 0. The van der Waals surface area contributed by atoms with E-state index in [1.807, 2.05) is 0 Å². The Bertz CT molecular complexity index is 285. The Balaban J connectivity index is 1.84. The quantitative estimate of drug-likeness (QED) is 0.557. The molecule has 0 aromatic carbocycles. The van der Waals surface area contributed by atoms with E-state index < -0.39 is 0 Å². The smallest absolute Gasteiger partial charge is 0.198 e. The van der Waals surface area contributed by atoms with Crippen LogP contribution in [0.3, 0.4) is 0 Å². The summed E-state index contributed by atoms with van der Waals surface area (Å²) in [6.07, 6.45) is 2.48. The molecule has 4 atom stereocenters. The zero-order valence-electron chi connectivity index (χ0n) is 7.35. The van der Waals surface area contributed by atoms with Gasteiger partial charge in [-0.2, -0.15) is 10.2 Å². The van der Waals surface area contributed by atoms with Crippen LogP contribution in [0.2, 0.25) is 0 Å². The van der Waals surface area contributed by atoms with E-state index in [2.05, 4.69) is 10.2 Å². The van der Waals surface area contributed by atoms with Gasteiger partial charge in [0.15, 0.2) is 5.79 Å². The van der Waals surface area contributed by atoms with Gasteiger partial charge in [-0.3, -0.25) is 0 Å². The van der Waals surface area contributed by atoms with E-state index >= 15 is 0 Å². The van der Waals surface area contributed by atoms with Crippen LogP contribution in [-0.4, -0.2) is 31.1 Å². The summed E-state index contributed by atoms with van der Waals surface area (Å²) in [6, 6.07) is 0.641. The molecule has 0 radical (unpaired) electrons. The summed E-state index contributed by atoms with van der Waals surface area (Å²) in [5, 5.41) is 8.61. The molecule has 4 aliphatic rings. The second kappa shape index (κ2) is 1.96. The number of hydrogen-bond acceptors (Lipinski definition) is 4. The molecule has 0 aromatic heterocycles. The summed E-state index contributed by atoms with van der Waals surface area (Å²) in [6.45, 7) is 1.48. The fourth-order valence-corrected chi connectivity index (χ4v) is 3.62. The van der Waals surface area contributed by atoms with E-state index in [0.717, 1.165) is 13.2 Å². The van der Waals surface area contributed by atoms with Gasteiger partial charge in [0.2, 0.25) is 0 Å². The molecular weight excluding hydrogens is 168 g/mol. The zero-order valence-corrected chi connectivity index (χ0v) is 7.35. The fourth-order valence-electron chi connectivity index (χ4n) is 3.62. The molecule has 4 unspecified atom stereocenters. The Morgan fingerprint density at radius 2 is 1.92 bits per heavy atom. The first-order valence-corrected chi connectivity index (χ1v) is 5.10. The monoisotopic (exact) mass is 180 g/mol. The molecule has 1 saturated heterocycles. The maximum Gasteiger partial charge on any atom is 0.198 e. The first-order chi connectivity index (χ1) is 6.42. The first kappa shape index (κ1) is 6.90. The van der Waals surface area contributed by atoms with Crippen LogP contribution in [0.1, 0.15) is 12.8 Å². The molecule has 3 fully saturated rings. The third-order valence-corrected chi connectivity index (χ3v) is 4.06. The van der Waals surface area contributed by atoms with E-state index in [-0.39, 0.29) is 11.8 Å². The number of ether oxygens (including phenoxy) is 2. The lowest BCUT2D eigenvalue weighted by atomic mass is 9.89. The van der Waals surface area contributed by atoms with Crippen LogP contribution in [0, 0.1) is 11.8 Å². The van der Waals surface area contributed by atoms with Crippen LogP contribution < -0.4 is 0 Å². The maximum atomic E-state index is 5.79. The third kappa shape index (κ3) is 0.577. The number of azo groups is 1. The Labute approximate surface area is 76.3 Å². The van der Waals surface area contributed by atoms with Crippen LogP contribution in [0.4, 0.5) is 0 Å². The van der Waals surface area contributed by atoms with Crippen molar-refractivity contribution in [3.05, 3.63) is 0 Å². The SMILES string of the molecule is C1COC2(O1)C1CCC3C1N=NC32. The number of hydrogen-bond donors (Lipinski definition) is 0. The van der Waals surface area contributed by atoms with Gasteiger partial charge in [-0.15, -0.1) is 0 Å². The largest absolute Gasteiger partial charge is 0.345 e. The third-order valence-electron chi connectivity index (χ3n) is 4.06. The van der Waals surface area contributed by atoms with Crippen molar-refractivity contribution in [2.75, 3.05) is 13.2 Å². The van der Waals surface area contributed by atoms with Gasteiger partial charge in [-0.25, -0.2) is 0 Å². The minimum absolute atomic E-state index is 0.221. The zero-order chi connectivity index (χ0) is 8.47. The Morgan fingerprint density at radius 3 is 2.62 bits per heavy atom. The summed E-state index contributed by atoms with van der Waals surface area (Å²) in [5.41, 5.74) is 0. The van der Waals surface area contributed by atoms with Crippen molar-refractivity contribution >= 4 is 0 Å². The molecule has 2 aliphatic carbocycles. The second-order valence-corrected chi connectivity index (χ2v) is 4.43. The minimum Gasteiger partial charge on any atom is -0.345 e. The van der Waals surface area contributed by atoms with Crippen molar-refractivity contribution in [1.82, 2.24) is 0 Å². The summed E-state index contributed by atoms with van der Waals surface area (Å²) < 4.78 is 11.6. The van der Waals surface area contributed by atoms with Gasteiger partial charge < -0.3 is 9.47 Å². The van der Waals surface area contributed by atoms with Crippen LogP contribution in [0.25, 0.3) is 0 Å². The Hall–Kier alpha value is -0.480. The normalized spacial score (nSPS) is 54.2. The van der Waals surface area contributed by atoms with Crippen LogP contribution in [0.5, 0.6) is 0 Å². The molecule has 2 aliphatic heterocycles. The average Bonchev–Trinajstić information content (AvgIpc) is 2.78. The predicted octanol–water partition coefficient (Wildman–Crippen LogP) is 0.972.